The average molecular weight is 467 g/mol. The Bertz CT molecular complexity index is 1480. The number of hydrogen-bond donors (Lipinski definition) is 1. The lowest BCUT2D eigenvalue weighted by molar-refractivity contribution is -0.140. The lowest BCUT2D eigenvalue weighted by Gasteiger charge is -2.26. The molecule has 1 amide bonds. The molecule has 174 valence electrons. The second-order valence-corrected chi connectivity index (χ2v) is 8.43. The minimum Gasteiger partial charge on any atom is -0.507 e. The summed E-state index contributed by atoms with van der Waals surface area (Å²) in [5.41, 5.74) is 1.14. The van der Waals surface area contributed by atoms with E-state index in [2.05, 4.69) is 0 Å². The van der Waals surface area contributed by atoms with Gasteiger partial charge in [0.25, 0.3) is 11.7 Å². The molecule has 35 heavy (non-hydrogen) atoms. The van der Waals surface area contributed by atoms with E-state index in [1.807, 2.05) is 42.5 Å². The highest BCUT2D eigenvalue weighted by atomic mass is 16.6. The number of benzene rings is 3. The van der Waals surface area contributed by atoms with Gasteiger partial charge >= 0.3 is 0 Å². The lowest BCUT2D eigenvalue weighted by Crippen LogP contribution is -2.29. The van der Waals surface area contributed by atoms with Gasteiger partial charge in [0.1, 0.15) is 24.7 Å². The van der Waals surface area contributed by atoms with Crippen LogP contribution >= 0.6 is 0 Å². The Hall–Kier alpha value is -4.52. The standard InChI is InChI=1S/C28H21NO6/c30-26(18-10-11-22-23(15-18)35-14-13-34-22)24-25(21-9-3-6-17-5-1-2-8-20(17)21)29(28(32)27(24)31)16-19-7-4-12-33-19/h1-12,15,25,30H,13-14,16H2. The van der Waals surface area contributed by atoms with Gasteiger partial charge in [0.05, 0.1) is 24.4 Å². The van der Waals surface area contributed by atoms with Gasteiger partial charge in [-0.25, -0.2) is 0 Å². The quantitative estimate of drug-likeness (QED) is 0.263. The fraction of sp³-hybridized carbons (Fsp3) is 0.143. The molecule has 1 unspecified atom stereocenters. The highest BCUT2D eigenvalue weighted by Crippen LogP contribution is 2.43. The van der Waals surface area contributed by atoms with Crippen LogP contribution < -0.4 is 9.47 Å². The van der Waals surface area contributed by atoms with Crippen LogP contribution in [0.5, 0.6) is 11.5 Å². The topological polar surface area (TPSA) is 89.2 Å². The first-order valence-corrected chi connectivity index (χ1v) is 11.3. The number of fused-ring (bicyclic) bond motifs is 2. The molecule has 2 aliphatic heterocycles. The van der Waals surface area contributed by atoms with E-state index in [0.717, 1.165) is 16.3 Å². The molecule has 7 heteroatoms. The van der Waals surface area contributed by atoms with Crippen molar-refractivity contribution >= 4 is 28.2 Å². The van der Waals surface area contributed by atoms with Gasteiger partial charge in [-0.15, -0.1) is 0 Å². The number of aliphatic hydroxyl groups excluding tert-OH is 1. The van der Waals surface area contributed by atoms with E-state index in [0.29, 0.717) is 36.0 Å². The Morgan fingerprint density at radius 2 is 1.71 bits per heavy atom. The predicted molar refractivity (Wildman–Crippen MR) is 128 cm³/mol. The molecule has 4 aromatic rings. The molecule has 2 aliphatic rings. The molecule has 0 bridgehead atoms. The number of rotatable bonds is 4. The van der Waals surface area contributed by atoms with Gasteiger partial charge in [0.2, 0.25) is 0 Å². The number of hydrogen-bond acceptors (Lipinski definition) is 6. The molecule has 1 N–H and O–H groups in total. The van der Waals surface area contributed by atoms with E-state index in [9.17, 15) is 14.7 Å². The van der Waals surface area contributed by atoms with E-state index < -0.39 is 17.7 Å². The van der Waals surface area contributed by atoms with Gasteiger partial charge < -0.3 is 23.9 Å². The molecule has 1 fully saturated rings. The van der Waals surface area contributed by atoms with Gasteiger partial charge in [0, 0.05) is 5.56 Å². The lowest BCUT2D eigenvalue weighted by atomic mass is 9.91. The van der Waals surface area contributed by atoms with Crippen molar-refractivity contribution in [1.82, 2.24) is 4.90 Å². The van der Waals surface area contributed by atoms with Crippen LogP contribution in [-0.2, 0) is 16.1 Å². The number of Topliss-reactive ketones (excluding diaryl/α,β-unsaturated/α-hetero) is 1. The first-order valence-electron chi connectivity index (χ1n) is 11.3. The maximum Gasteiger partial charge on any atom is 0.296 e. The number of carbonyl (C=O) groups is 2. The van der Waals surface area contributed by atoms with Crippen molar-refractivity contribution in [1.29, 1.82) is 0 Å². The van der Waals surface area contributed by atoms with E-state index in [-0.39, 0.29) is 17.9 Å². The summed E-state index contributed by atoms with van der Waals surface area (Å²) in [5, 5.41) is 13.3. The van der Waals surface area contributed by atoms with Gasteiger partial charge in [-0.2, -0.15) is 0 Å². The molecule has 1 atom stereocenters. The van der Waals surface area contributed by atoms with Crippen LogP contribution in [0.4, 0.5) is 0 Å². The van der Waals surface area contributed by atoms with Gasteiger partial charge in [-0.1, -0.05) is 42.5 Å². The molecule has 0 saturated carbocycles. The van der Waals surface area contributed by atoms with Gasteiger partial charge in [-0.3, -0.25) is 9.59 Å². The minimum atomic E-state index is -0.806. The Labute approximate surface area is 200 Å². The summed E-state index contributed by atoms with van der Waals surface area (Å²) in [6.07, 6.45) is 1.52. The molecular weight excluding hydrogens is 446 g/mol. The van der Waals surface area contributed by atoms with Gasteiger partial charge in [-0.05, 0) is 46.7 Å². The minimum absolute atomic E-state index is 0.0228. The summed E-state index contributed by atoms with van der Waals surface area (Å²) in [4.78, 5) is 28.1. The molecule has 6 rings (SSSR count). The number of aliphatic hydroxyl groups is 1. The Morgan fingerprint density at radius 3 is 2.54 bits per heavy atom. The zero-order valence-electron chi connectivity index (χ0n) is 18.6. The molecule has 0 aliphatic carbocycles. The van der Waals surface area contributed by atoms with E-state index in [1.165, 1.54) is 11.2 Å². The fourth-order valence-electron chi connectivity index (χ4n) is 4.77. The number of furan rings is 1. The molecule has 7 nitrogen and oxygen atoms in total. The first-order chi connectivity index (χ1) is 17.1. The molecule has 0 radical (unpaired) electrons. The molecule has 1 aromatic heterocycles. The zero-order chi connectivity index (χ0) is 23.9. The third kappa shape index (κ3) is 3.52. The summed E-state index contributed by atoms with van der Waals surface area (Å²) < 4.78 is 16.7. The van der Waals surface area contributed by atoms with Crippen LogP contribution in [0.15, 0.2) is 89.0 Å². The molecule has 3 heterocycles. The summed E-state index contributed by atoms with van der Waals surface area (Å²) >= 11 is 0. The third-order valence-electron chi connectivity index (χ3n) is 6.38. The number of likely N-dealkylation sites (tertiary alicyclic amines) is 1. The molecule has 1 saturated heterocycles. The van der Waals surface area contributed by atoms with Gasteiger partial charge in [0.15, 0.2) is 11.5 Å². The third-order valence-corrected chi connectivity index (χ3v) is 6.38. The number of amides is 1. The van der Waals surface area contributed by atoms with Crippen molar-refractivity contribution in [3.8, 4) is 11.5 Å². The van der Waals surface area contributed by atoms with Crippen LogP contribution in [-0.4, -0.2) is 34.9 Å². The second-order valence-electron chi connectivity index (χ2n) is 8.43. The predicted octanol–water partition coefficient (Wildman–Crippen LogP) is 4.83. The van der Waals surface area contributed by atoms with Crippen molar-refractivity contribution < 1.29 is 28.6 Å². The largest absolute Gasteiger partial charge is 0.507 e. The van der Waals surface area contributed by atoms with Crippen LogP contribution in [0.1, 0.15) is 22.9 Å². The normalized spacial score (nSPS) is 18.9. The Balaban J connectivity index is 1.55. The highest BCUT2D eigenvalue weighted by molar-refractivity contribution is 6.46. The average Bonchev–Trinajstić information content (AvgIpc) is 3.50. The number of ketones is 1. The smallest absolute Gasteiger partial charge is 0.296 e. The van der Waals surface area contributed by atoms with Crippen molar-refractivity contribution in [2.24, 2.45) is 0 Å². The summed E-state index contributed by atoms with van der Waals surface area (Å²) in [7, 11) is 0. The molecular formula is C28H21NO6. The van der Waals surface area contributed by atoms with Crippen LogP contribution in [0.3, 0.4) is 0 Å². The maximum atomic E-state index is 13.4. The molecule has 3 aromatic carbocycles. The van der Waals surface area contributed by atoms with Crippen LogP contribution in [0, 0.1) is 0 Å². The van der Waals surface area contributed by atoms with Crippen molar-refractivity contribution in [3.05, 3.63) is 102 Å². The monoisotopic (exact) mass is 467 g/mol. The van der Waals surface area contributed by atoms with E-state index in [4.69, 9.17) is 13.9 Å². The van der Waals surface area contributed by atoms with Crippen LogP contribution in [0.25, 0.3) is 16.5 Å². The SMILES string of the molecule is O=C1C(=O)N(Cc2ccco2)C(c2cccc3ccccc23)C1=C(O)c1ccc2c(c1)OCCO2. The van der Waals surface area contributed by atoms with Crippen LogP contribution in [0.2, 0.25) is 0 Å². The first kappa shape index (κ1) is 21.0. The summed E-state index contributed by atoms with van der Waals surface area (Å²) in [6.45, 7) is 0.918. The van der Waals surface area contributed by atoms with E-state index >= 15 is 0 Å². The van der Waals surface area contributed by atoms with Crippen molar-refractivity contribution in [2.45, 2.75) is 12.6 Å². The van der Waals surface area contributed by atoms with Crippen molar-refractivity contribution in [3.63, 3.8) is 0 Å². The summed E-state index contributed by atoms with van der Waals surface area (Å²) in [5.74, 6) is -0.125. The zero-order valence-corrected chi connectivity index (χ0v) is 18.6. The second kappa shape index (κ2) is 8.36. The number of ether oxygens (including phenoxy) is 2. The highest BCUT2D eigenvalue weighted by Gasteiger charge is 2.47. The molecule has 0 spiro atoms. The van der Waals surface area contributed by atoms with E-state index in [1.54, 1.807) is 30.3 Å². The fourth-order valence-corrected chi connectivity index (χ4v) is 4.77. The Kier molecular flexibility index (Phi) is 5.03. The number of nitrogens with zero attached hydrogens (tertiary/aromatic N) is 1. The maximum absolute atomic E-state index is 13.4. The number of carbonyl (C=O) groups excluding carboxylic acids is 2. The summed E-state index contributed by atoms with van der Waals surface area (Å²) in [6, 6.07) is 21.1. The van der Waals surface area contributed by atoms with Crippen molar-refractivity contribution in [2.75, 3.05) is 13.2 Å². The Morgan fingerprint density at radius 1 is 0.914 bits per heavy atom.